The fourth-order valence-corrected chi connectivity index (χ4v) is 3.01. The lowest BCUT2D eigenvalue weighted by Crippen LogP contribution is -2.17. The number of halogens is 3. The maximum absolute atomic E-state index is 12.5. The van der Waals surface area contributed by atoms with Crippen molar-refractivity contribution in [3.05, 3.63) is 72.0 Å². The van der Waals surface area contributed by atoms with E-state index in [4.69, 9.17) is 4.42 Å². The van der Waals surface area contributed by atoms with Gasteiger partial charge in [0.15, 0.2) is 5.76 Å². The normalized spacial score (nSPS) is 11.9. The highest BCUT2D eigenvalue weighted by Gasteiger charge is 2.31. The topological polar surface area (TPSA) is 40.2 Å². The van der Waals surface area contributed by atoms with Gasteiger partial charge in [0.05, 0.1) is 12.1 Å². The van der Waals surface area contributed by atoms with Crippen LogP contribution in [0.15, 0.2) is 65.1 Å². The van der Waals surface area contributed by atoms with Crippen molar-refractivity contribution in [2.24, 2.45) is 0 Å². The number of nitrogens with zero attached hydrogens (tertiary/aromatic N) is 2. The van der Waals surface area contributed by atoms with Gasteiger partial charge >= 0.3 is 6.36 Å². The maximum atomic E-state index is 12.5. The summed E-state index contributed by atoms with van der Waals surface area (Å²) in [7, 11) is 0. The summed E-state index contributed by atoms with van der Waals surface area (Å²) in [5.41, 5.74) is 2.21. The van der Waals surface area contributed by atoms with E-state index in [0.29, 0.717) is 23.6 Å². The number of ether oxygens (including phenoxy) is 1. The number of hydrogen-bond donors (Lipinski definition) is 0. The first-order valence-electron chi connectivity index (χ1n) is 8.26. The van der Waals surface area contributed by atoms with Crippen LogP contribution in [0.1, 0.15) is 11.3 Å². The molecule has 2 aromatic heterocycles. The van der Waals surface area contributed by atoms with Gasteiger partial charge in [-0.15, -0.1) is 13.2 Å². The first-order valence-corrected chi connectivity index (χ1v) is 8.26. The Labute approximate surface area is 152 Å². The summed E-state index contributed by atoms with van der Waals surface area (Å²) >= 11 is 0. The SMILES string of the molecule is Cc1ccc(-c2nn(Cc3cccc(OC(F)(F)F)c3)c3ccccc23)o1. The van der Waals surface area contributed by atoms with Crippen LogP contribution in [0.4, 0.5) is 13.2 Å². The molecule has 0 aliphatic rings. The maximum Gasteiger partial charge on any atom is 0.573 e. The summed E-state index contributed by atoms with van der Waals surface area (Å²) < 4.78 is 48.8. The fraction of sp³-hybridized carbons (Fsp3) is 0.150. The molecule has 0 saturated heterocycles. The largest absolute Gasteiger partial charge is 0.573 e. The summed E-state index contributed by atoms with van der Waals surface area (Å²) in [4.78, 5) is 0. The molecule has 4 nitrogen and oxygen atoms in total. The Balaban J connectivity index is 1.72. The smallest absolute Gasteiger partial charge is 0.460 e. The number of rotatable bonds is 4. The zero-order valence-corrected chi connectivity index (χ0v) is 14.3. The van der Waals surface area contributed by atoms with Gasteiger partial charge in [0, 0.05) is 5.39 Å². The number of benzene rings is 2. The van der Waals surface area contributed by atoms with Gasteiger partial charge in [-0.2, -0.15) is 5.10 Å². The van der Waals surface area contributed by atoms with Crippen LogP contribution in [-0.4, -0.2) is 16.1 Å². The molecule has 138 valence electrons. The summed E-state index contributed by atoms with van der Waals surface area (Å²) in [5.74, 6) is 1.18. The van der Waals surface area contributed by atoms with Crippen molar-refractivity contribution in [3.8, 4) is 17.2 Å². The van der Waals surface area contributed by atoms with Crippen LogP contribution in [0.25, 0.3) is 22.4 Å². The molecule has 2 aromatic carbocycles. The number of fused-ring (bicyclic) bond motifs is 1. The van der Waals surface area contributed by atoms with E-state index < -0.39 is 6.36 Å². The van der Waals surface area contributed by atoms with E-state index in [1.54, 1.807) is 10.7 Å². The molecular weight excluding hydrogens is 357 g/mol. The van der Waals surface area contributed by atoms with Crippen LogP contribution < -0.4 is 4.74 Å². The number of hydrogen-bond acceptors (Lipinski definition) is 3. The van der Waals surface area contributed by atoms with Gasteiger partial charge in [-0.05, 0) is 42.8 Å². The Hall–Kier alpha value is -3.22. The highest BCUT2D eigenvalue weighted by Crippen LogP contribution is 2.30. The van der Waals surface area contributed by atoms with Gasteiger partial charge in [-0.1, -0.05) is 30.3 Å². The molecule has 0 radical (unpaired) electrons. The molecular formula is C20H15F3N2O2. The van der Waals surface area contributed by atoms with Gasteiger partial charge in [0.25, 0.3) is 0 Å². The second-order valence-corrected chi connectivity index (χ2v) is 6.13. The summed E-state index contributed by atoms with van der Waals surface area (Å²) in [5, 5.41) is 5.54. The standard InChI is InChI=1S/C20H15F3N2O2/c1-13-9-10-18(26-13)19-16-7-2-3-8-17(16)25(24-19)12-14-5-4-6-15(11-14)27-20(21,22)23/h2-11H,12H2,1H3. The van der Waals surface area contributed by atoms with Crippen molar-refractivity contribution >= 4 is 10.9 Å². The van der Waals surface area contributed by atoms with Crippen molar-refractivity contribution in [2.75, 3.05) is 0 Å². The molecule has 0 fully saturated rings. The molecule has 0 amide bonds. The minimum absolute atomic E-state index is 0.252. The Kier molecular flexibility index (Phi) is 4.14. The van der Waals surface area contributed by atoms with Gasteiger partial charge < -0.3 is 9.15 Å². The molecule has 0 aliphatic heterocycles. The van der Waals surface area contributed by atoms with E-state index in [0.717, 1.165) is 16.7 Å². The number of furan rings is 1. The van der Waals surface area contributed by atoms with Gasteiger partial charge in [0.2, 0.25) is 0 Å². The van der Waals surface area contributed by atoms with E-state index in [-0.39, 0.29) is 5.75 Å². The summed E-state index contributed by atoms with van der Waals surface area (Å²) in [6.07, 6.45) is -4.72. The molecule has 0 unspecified atom stereocenters. The molecule has 4 aromatic rings. The lowest BCUT2D eigenvalue weighted by Gasteiger charge is -2.10. The second kappa shape index (κ2) is 6.50. The molecule has 2 heterocycles. The summed E-state index contributed by atoms with van der Waals surface area (Å²) in [6.45, 7) is 2.16. The Morgan fingerprint density at radius 2 is 1.85 bits per heavy atom. The molecule has 0 N–H and O–H groups in total. The number of aryl methyl sites for hydroxylation is 1. The van der Waals surface area contributed by atoms with E-state index in [1.807, 2.05) is 43.3 Å². The molecule has 7 heteroatoms. The van der Waals surface area contributed by atoms with Crippen LogP contribution >= 0.6 is 0 Å². The number of para-hydroxylation sites is 1. The minimum Gasteiger partial charge on any atom is -0.460 e. The zero-order chi connectivity index (χ0) is 19.0. The Morgan fingerprint density at radius 1 is 1.04 bits per heavy atom. The molecule has 0 atom stereocenters. The van der Waals surface area contributed by atoms with E-state index in [9.17, 15) is 13.2 Å². The van der Waals surface area contributed by atoms with Crippen molar-refractivity contribution in [1.29, 1.82) is 0 Å². The molecule has 27 heavy (non-hydrogen) atoms. The van der Waals surface area contributed by atoms with E-state index >= 15 is 0 Å². The fourth-order valence-electron chi connectivity index (χ4n) is 3.01. The highest BCUT2D eigenvalue weighted by molar-refractivity contribution is 5.92. The third-order valence-electron chi connectivity index (χ3n) is 4.10. The molecule has 0 spiro atoms. The average Bonchev–Trinajstić information content (AvgIpc) is 3.18. The summed E-state index contributed by atoms with van der Waals surface area (Å²) in [6, 6.07) is 17.3. The lowest BCUT2D eigenvalue weighted by molar-refractivity contribution is -0.274. The van der Waals surface area contributed by atoms with Gasteiger partial charge in [-0.3, -0.25) is 4.68 Å². The third-order valence-corrected chi connectivity index (χ3v) is 4.10. The van der Waals surface area contributed by atoms with E-state index in [1.165, 1.54) is 18.2 Å². The number of aromatic nitrogens is 2. The van der Waals surface area contributed by atoms with Crippen molar-refractivity contribution in [3.63, 3.8) is 0 Å². The van der Waals surface area contributed by atoms with Crippen molar-refractivity contribution in [1.82, 2.24) is 9.78 Å². The quantitative estimate of drug-likeness (QED) is 0.471. The van der Waals surface area contributed by atoms with Crippen molar-refractivity contribution in [2.45, 2.75) is 19.8 Å². The highest BCUT2D eigenvalue weighted by atomic mass is 19.4. The van der Waals surface area contributed by atoms with Crippen LogP contribution in [0.2, 0.25) is 0 Å². The molecule has 0 aliphatic carbocycles. The van der Waals surface area contributed by atoms with Gasteiger partial charge in [0.1, 0.15) is 17.2 Å². The molecule has 0 bridgehead atoms. The number of alkyl halides is 3. The third kappa shape index (κ3) is 3.67. The predicted molar refractivity (Wildman–Crippen MR) is 94.4 cm³/mol. The van der Waals surface area contributed by atoms with Crippen LogP contribution in [0.5, 0.6) is 5.75 Å². The first-order chi connectivity index (χ1) is 12.9. The van der Waals surface area contributed by atoms with Crippen LogP contribution in [0, 0.1) is 6.92 Å². The Morgan fingerprint density at radius 3 is 2.59 bits per heavy atom. The minimum atomic E-state index is -4.72. The van der Waals surface area contributed by atoms with Crippen molar-refractivity contribution < 1.29 is 22.3 Å². The Bertz CT molecular complexity index is 1100. The predicted octanol–water partition coefficient (Wildman–Crippen LogP) is 5.55. The average molecular weight is 372 g/mol. The lowest BCUT2D eigenvalue weighted by atomic mass is 10.1. The molecule has 0 saturated carbocycles. The van der Waals surface area contributed by atoms with E-state index in [2.05, 4.69) is 9.84 Å². The molecule has 4 rings (SSSR count). The van der Waals surface area contributed by atoms with Crippen LogP contribution in [-0.2, 0) is 6.54 Å². The zero-order valence-electron chi connectivity index (χ0n) is 14.3. The first kappa shape index (κ1) is 17.2. The monoisotopic (exact) mass is 372 g/mol. The van der Waals surface area contributed by atoms with Crippen LogP contribution in [0.3, 0.4) is 0 Å². The van der Waals surface area contributed by atoms with Gasteiger partial charge in [-0.25, -0.2) is 0 Å². The second-order valence-electron chi connectivity index (χ2n) is 6.13.